The molecule has 0 aliphatic rings. The fourth-order valence-corrected chi connectivity index (χ4v) is 4.15. The first kappa shape index (κ1) is 25.1. The van der Waals surface area contributed by atoms with Gasteiger partial charge in [-0.15, -0.1) is 0 Å². The highest BCUT2D eigenvalue weighted by Gasteiger charge is 2.22. The summed E-state index contributed by atoms with van der Waals surface area (Å²) in [5.41, 5.74) is 0.687. The quantitative estimate of drug-likeness (QED) is 0.504. The molecule has 0 bridgehead atoms. The lowest BCUT2D eigenvalue weighted by atomic mass is 10.1. The van der Waals surface area contributed by atoms with Crippen LogP contribution in [0.3, 0.4) is 0 Å². The third-order valence-electron chi connectivity index (χ3n) is 4.18. The average molecular weight is 489 g/mol. The largest absolute Gasteiger partial charge is 0.493 e. The molecule has 2 aromatic rings. The summed E-state index contributed by atoms with van der Waals surface area (Å²) >= 11 is 11.8. The van der Waals surface area contributed by atoms with E-state index >= 15 is 0 Å². The number of amides is 2. The van der Waals surface area contributed by atoms with Crippen LogP contribution in [0.25, 0.3) is 0 Å². The van der Waals surface area contributed by atoms with Crippen molar-refractivity contribution in [1.29, 1.82) is 0 Å². The Morgan fingerprint density at radius 3 is 2.39 bits per heavy atom. The minimum Gasteiger partial charge on any atom is -0.493 e. The molecule has 0 saturated carbocycles. The molecule has 2 amide bonds. The maximum atomic E-state index is 12.8. The average Bonchev–Trinajstić information content (AvgIpc) is 2.69. The Hall–Kier alpha value is -2.16. The van der Waals surface area contributed by atoms with E-state index < -0.39 is 10.1 Å². The van der Waals surface area contributed by atoms with E-state index in [-0.39, 0.29) is 44.9 Å². The van der Waals surface area contributed by atoms with Crippen LogP contribution in [0.5, 0.6) is 11.5 Å². The Morgan fingerprint density at radius 2 is 1.81 bits per heavy atom. The van der Waals surface area contributed by atoms with E-state index in [0.717, 1.165) is 0 Å². The Morgan fingerprint density at radius 1 is 1.10 bits per heavy atom. The molecular weight excluding hydrogens is 463 g/mol. The number of urea groups is 1. The van der Waals surface area contributed by atoms with E-state index in [0.29, 0.717) is 18.7 Å². The highest BCUT2D eigenvalue weighted by Crippen LogP contribution is 2.32. The summed E-state index contributed by atoms with van der Waals surface area (Å²) in [5, 5.41) is 3.12. The van der Waals surface area contributed by atoms with Crippen LogP contribution in [0.15, 0.2) is 41.3 Å². The van der Waals surface area contributed by atoms with Gasteiger partial charge in [-0.05, 0) is 48.7 Å². The van der Waals surface area contributed by atoms with Crippen molar-refractivity contribution < 1.29 is 22.1 Å². The molecule has 0 fully saturated rings. The number of hydrogen-bond donors (Lipinski definition) is 1. The molecule has 2 aromatic carbocycles. The Kier molecular flexibility index (Phi) is 8.85. The smallest absolute Gasteiger partial charge is 0.339 e. The van der Waals surface area contributed by atoms with Crippen LogP contribution in [0.1, 0.15) is 26.3 Å². The molecule has 0 unspecified atom stereocenters. The molecule has 0 aromatic heterocycles. The molecule has 7 nitrogen and oxygen atoms in total. The van der Waals surface area contributed by atoms with E-state index in [4.69, 9.17) is 32.1 Å². The summed E-state index contributed by atoms with van der Waals surface area (Å²) < 4.78 is 36.1. The number of hydrogen-bond acceptors (Lipinski definition) is 5. The normalized spacial score (nSPS) is 11.3. The van der Waals surface area contributed by atoms with E-state index in [9.17, 15) is 13.2 Å². The zero-order valence-electron chi connectivity index (χ0n) is 17.8. The maximum absolute atomic E-state index is 12.8. The molecule has 0 atom stereocenters. The van der Waals surface area contributed by atoms with E-state index in [1.54, 1.807) is 23.1 Å². The molecule has 0 heterocycles. The first-order valence-corrected chi connectivity index (χ1v) is 11.8. The summed E-state index contributed by atoms with van der Waals surface area (Å²) in [5.74, 6) is 0.499. The van der Waals surface area contributed by atoms with Gasteiger partial charge in [0.2, 0.25) is 0 Å². The van der Waals surface area contributed by atoms with Gasteiger partial charge in [0.25, 0.3) is 0 Å². The summed E-state index contributed by atoms with van der Waals surface area (Å²) in [4.78, 5) is 13.9. The van der Waals surface area contributed by atoms with Crippen molar-refractivity contribution in [3.05, 3.63) is 52.0 Å². The zero-order valence-corrected chi connectivity index (χ0v) is 20.1. The van der Waals surface area contributed by atoms with Crippen LogP contribution < -0.4 is 14.2 Å². The Bertz CT molecular complexity index is 1030. The summed E-state index contributed by atoms with van der Waals surface area (Å²) in [6.07, 6.45) is 0. The lowest BCUT2D eigenvalue weighted by Gasteiger charge is -2.25. The van der Waals surface area contributed by atoms with Crippen molar-refractivity contribution in [3.63, 3.8) is 0 Å². The van der Waals surface area contributed by atoms with Gasteiger partial charge >= 0.3 is 16.1 Å². The van der Waals surface area contributed by atoms with E-state index in [2.05, 4.69) is 5.32 Å². The highest BCUT2D eigenvalue weighted by atomic mass is 35.5. The standard InChI is InChI=1S/C21H26Cl2N2O5S/c1-5-24-21(26)25(12-14(2)3)13-15-6-9-19(29-4)20(10-15)30-31(27,28)16-7-8-17(22)18(23)11-16/h6-11,14H,5,12-13H2,1-4H3,(H,24,26). The van der Waals surface area contributed by atoms with Gasteiger partial charge in [-0.2, -0.15) is 8.42 Å². The molecular formula is C21H26Cl2N2O5S. The molecule has 0 aliphatic carbocycles. The number of rotatable bonds is 9. The van der Waals surface area contributed by atoms with Gasteiger partial charge in [0.1, 0.15) is 4.90 Å². The lowest BCUT2D eigenvalue weighted by molar-refractivity contribution is 0.188. The number of methoxy groups -OCH3 is 1. The first-order valence-electron chi connectivity index (χ1n) is 9.66. The number of nitrogens with one attached hydrogen (secondary N) is 1. The van der Waals surface area contributed by atoms with Crippen LogP contribution in [0, 0.1) is 5.92 Å². The van der Waals surface area contributed by atoms with Crippen LogP contribution in [-0.4, -0.2) is 39.5 Å². The first-order chi connectivity index (χ1) is 14.6. The van der Waals surface area contributed by atoms with Gasteiger partial charge < -0.3 is 19.1 Å². The van der Waals surface area contributed by atoms with Gasteiger partial charge in [0.05, 0.1) is 17.2 Å². The number of carbonyl (C=O) groups is 1. The minimum atomic E-state index is -4.19. The topological polar surface area (TPSA) is 84.9 Å². The maximum Gasteiger partial charge on any atom is 0.339 e. The van der Waals surface area contributed by atoms with Crippen LogP contribution in [0.4, 0.5) is 4.79 Å². The molecule has 0 aliphatic heterocycles. The monoisotopic (exact) mass is 488 g/mol. The van der Waals surface area contributed by atoms with Gasteiger partial charge in [-0.1, -0.05) is 43.1 Å². The number of carbonyl (C=O) groups excluding carboxylic acids is 1. The van der Waals surface area contributed by atoms with Crippen LogP contribution in [-0.2, 0) is 16.7 Å². The van der Waals surface area contributed by atoms with E-state index in [1.807, 2.05) is 20.8 Å². The number of ether oxygens (including phenoxy) is 1. The van der Waals surface area contributed by atoms with Gasteiger partial charge in [-0.25, -0.2) is 4.79 Å². The molecule has 0 spiro atoms. The second-order valence-corrected chi connectivity index (χ2v) is 9.57. The zero-order chi connectivity index (χ0) is 23.2. The molecule has 31 heavy (non-hydrogen) atoms. The lowest BCUT2D eigenvalue weighted by Crippen LogP contribution is -2.41. The SMILES string of the molecule is CCNC(=O)N(Cc1ccc(OC)c(OS(=O)(=O)c2ccc(Cl)c(Cl)c2)c1)CC(C)C. The highest BCUT2D eigenvalue weighted by molar-refractivity contribution is 7.87. The second kappa shape index (κ2) is 10.9. The predicted molar refractivity (Wildman–Crippen MR) is 122 cm³/mol. The number of nitrogens with zero attached hydrogens (tertiary/aromatic N) is 1. The second-order valence-electron chi connectivity index (χ2n) is 7.21. The molecule has 10 heteroatoms. The Labute approximate surface area is 193 Å². The van der Waals surface area contributed by atoms with Gasteiger partial charge in [-0.3, -0.25) is 0 Å². The van der Waals surface area contributed by atoms with Crippen molar-refractivity contribution in [2.24, 2.45) is 5.92 Å². The molecule has 170 valence electrons. The third kappa shape index (κ3) is 6.92. The molecule has 0 radical (unpaired) electrons. The van der Waals surface area contributed by atoms with Crippen molar-refractivity contribution in [2.75, 3.05) is 20.2 Å². The Balaban J connectivity index is 2.34. The van der Waals surface area contributed by atoms with Gasteiger partial charge in [0, 0.05) is 19.6 Å². The number of benzene rings is 2. The molecule has 2 rings (SSSR count). The number of halogens is 2. The third-order valence-corrected chi connectivity index (χ3v) is 6.15. The van der Waals surface area contributed by atoms with Crippen LogP contribution in [0.2, 0.25) is 10.0 Å². The summed E-state index contributed by atoms with van der Waals surface area (Å²) in [6.45, 7) is 7.19. The van der Waals surface area contributed by atoms with Crippen molar-refractivity contribution in [3.8, 4) is 11.5 Å². The minimum absolute atomic E-state index is 0.00599. The summed E-state index contributed by atoms with van der Waals surface area (Å²) in [6, 6.07) is 8.60. The fraction of sp³-hybridized carbons (Fsp3) is 0.381. The molecule has 0 saturated heterocycles. The van der Waals surface area contributed by atoms with Crippen molar-refractivity contribution >= 4 is 39.4 Å². The van der Waals surface area contributed by atoms with Gasteiger partial charge in [0.15, 0.2) is 11.5 Å². The molecule has 1 N–H and O–H groups in total. The summed E-state index contributed by atoms with van der Waals surface area (Å²) in [7, 11) is -2.78. The van der Waals surface area contributed by atoms with Crippen molar-refractivity contribution in [1.82, 2.24) is 10.2 Å². The predicted octanol–water partition coefficient (Wildman–Crippen LogP) is 4.96. The van der Waals surface area contributed by atoms with Crippen LogP contribution >= 0.6 is 23.2 Å². The van der Waals surface area contributed by atoms with E-state index in [1.165, 1.54) is 25.3 Å². The fourth-order valence-electron chi connectivity index (χ4n) is 2.83. The van der Waals surface area contributed by atoms with Crippen molar-refractivity contribution in [2.45, 2.75) is 32.2 Å².